The van der Waals surface area contributed by atoms with E-state index in [9.17, 15) is 4.79 Å². The van der Waals surface area contributed by atoms with E-state index in [1.807, 2.05) is 42.5 Å². The summed E-state index contributed by atoms with van der Waals surface area (Å²) in [5.74, 6) is 0.342. The number of carboxylic acid groups (broad SMARTS) is 1. The van der Waals surface area contributed by atoms with Gasteiger partial charge >= 0.3 is 5.97 Å². The Balaban J connectivity index is 1.79. The van der Waals surface area contributed by atoms with Crippen LogP contribution in [-0.2, 0) is 19.6 Å². The van der Waals surface area contributed by atoms with Gasteiger partial charge in [0.25, 0.3) is 0 Å². The van der Waals surface area contributed by atoms with E-state index >= 15 is 0 Å². The first-order valence-corrected chi connectivity index (χ1v) is 8.35. The topological polar surface area (TPSA) is 62.9 Å². The van der Waals surface area contributed by atoms with E-state index in [0.29, 0.717) is 18.8 Å². The normalized spacial score (nSPS) is 10.8. The first-order valence-electron chi connectivity index (χ1n) is 8.35. The number of hydrogen-bond acceptors (Lipinski definition) is 4. The quantitative estimate of drug-likeness (QED) is 0.659. The molecule has 0 radical (unpaired) electrons. The molecule has 0 atom stereocenters. The molecule has 0 spiro atoms. The summed E-state index contributed by atoms with van der Waals surface area (Å²) < 4.78 is 10.7. The van der Waals surface area contributed by atoms with Gasteiger partial charge in [0.15, 0.2) is 0 Å². The Morgan fingerprint density at radius 3 is 2.38 bits per heavy atom. The maximum absolute atomic E-state index is 11.0. The van der Waals surface area contributed by atoms with Crippen LogP contribution >= 0.6 is 0 Å². The molecule has 0 aliphatic rings. The average molecular weight is 351 g/mol. The zero-order valence-electron chi connectivity index (χ0n) is 14.6. The van der Waals surface area contributed by atoms with Gasteiger partial charge in [-0.3, -0.25) is 4.90 Å². The molecular formula is C21H21NO4. The monoisotopic (exact) mass is 351 g/mol. The summed E-state index contributed by atoms with van der Waals surface area (Å²) in [6.07, 6.45) is 0. The van der Waals surface area contributed by atoms with Crippen LogP contribution in [0, 0.1) is 0 Å². The van der Waals surface area contributed by atoms with Crippen LogP contribution in [0.1, 0.15) is 27.4 Å². The van der Waals surface area contributed by atoms with Gasteiger partial charge in [0, 0.05) is 13.1 Å². The average Bonchev–Trinajstić information content (AvgIpc) is 3.11. The van der Waals surface area contributed by atoms with Crippen LogP contribution in [0.5, 0.6) is 5.75 Å². The lowest BCUT2D eigenvalue weighted by atomic mass is 10.1. The molecule has 0 saturated carbocycles. The lowest BCUT2D eigenvalue weighted by Crippen LogP contribution is -2.22. The van der Waals surface area contributed by atoms with Gasteiger partial charge in [0.2, 0.25) is 5.76 Å². The molecule has 0 saturated heterocycles. The fraction of sp³-hybridized carbons (Fsp3) is 0.190. The smallest absolute Gasteiger partial charge is 0.371 e. The lowest BCUT2D eigenvalue weighted by Gasteiger charge is -2.22. The maximum atomic E-state index is 11.0. The second kappa shape index (κ2) is 8.36. The van der Waals surface area contributed by atoms with Crippen LogP contribution < -0.4 is 4.74 Å². The van der Waals surface area contributed by atoms with Crippen molar-refractivity contribution >= 4 is 5.97 Å². The van der Waals surface area contributed by atoms with Crippen LogP contribution in [0.3, 0.4) is 0 Å². The van der Waals surface area contributed by atoms with E-state index in [0.717, 1.165) is 17.9 Å². The van der Waals surface area contributed by atoms with Crippen molar-refractivity contribution in [2.24, 2.45) is 0 Å². The van der Waals surface area contributed by atoms with Crippen molar-refractivity contribution in [3.8, 4) is 5.75 Å². The number of benzene rings is 2. The molecule has 0 bridgehead atoms. The molecule has 0 fully saturated rings. The van der Waals surface area contributed by atoms with Crippen LogP contribution in [-0.4, -0.2) is 23.1 Å². The van der Waals surface area contributed by atoms with E-state index < -0.39 is 5.97 Å². The SMILES string of the molecule is COc1cccc(CN(Cc2ccccc2)Cc2ccc(C(=O)O)o2)c1. The molecule has 2 aromatic carbocycles. The van der Waals surface area contributed by atoms with Gasteiger partial charge in [0.05, 0.1) is 13.7 Å². The summed E-state index contributed by atoms with van der Waals surface area (Å²) in [6.45, 7) is 1.93. The summed E-state index contributed by atoms with van der Waals surface area (Å²) in [5, 5.41) is 9.04. The number of carbonyl (C=O) groups is 1. The standard InChI is InChI=1S/C21H21NO4/c1-25-18-9-5-8-17(12-18)14-22(13-16-6-3-2-4-7-16)15-19-10-11-20(26-19)21(23)24/h2-12H,13-15H2,1H3,(H,23,24). The number of aromatic carboxylic acids is 1. The molecule has 0 unspecified atom stereocenters. The number of ether oxygens (including phenoxy) is 1. The fourth-order valence-electron chi connectivity index (χ4n) is 2.84. The van der Waals surface area contributed by atoms with Crippen molar-refractivity contribution < 1.29 is 19.1 Å². The largest absolute Gasteiger partial charge is 0.497 e. The molecule has 0 aliphatic carbocycles. The maximum Gasteiger partial charge on any atom is 0.371 e. The van der Waals surface area contributed by atoms with Crippen molar-refractivity contribution in [2.75, 3.05) is 7.11 Å². The highest BCUT2D eigenvalue weighted by Crippen LogP contribution is 2.19. The molecule has 5 heteroatoms. The van der Waals surface area contributed by atoms with Crippen LogP contribution in [0.2, 0.25) is 0 Å². The Morgan fingerprint density at radius 1 is 0.962 bits per heavy atom. The predicted octanol–water partition coefficient (Wildman–Crippen LogP) is 4.19. The summed E-state index contributed by atoms with van der Waals surface area (Å²) >= 11 is 0. The number of furan rings is 1. The Morgan fingerprint density at radius 2 is 1.69 bits per heavy atom. The Bertz CT molecular complexity index is 857. The van der Waals surface area contributed by atoms with Gasteiger partial charge < -0.3 is 14.3 Å². The molecule has 0 aliphatic heterocycles. The second-order valence-electron chi connectivity index (χ2n) is 6.05. The Kier molecular flexibility index (Phi) is 5.71. The lowest BCUT2D eigenvalue weighted by molar-refractivity contribution is 0.0658. The third kappa shape index (κ3) is 4.74. The van der Waals surface area contributed by atoms with Crippen LogP contribution in [0.25, 0.3) is 0 Å². The number of rotatable bonds is 8. The van der Waals surface area contributed by atoms with E-state index in [-0.39, 0.29) is 5.76 Å². The molecule has 1 N–H and O–H groups in total. The Labute approximate surface area is 152 Å². The van der Waals surface area contributed by atoms with Gasteiger partial charge in [-0.25, -0.2) is 4.79 Å². The summed E-state index contributed by atoms with van der Waals surface area (Å²) in [7, 11) is 1.65. The zero-order chi connectivity index (χ0) is 18.4. The van der Waals surface area contributed by atoms with Gasteiger partial charge in [-0.2, -0.15) is 0 Å². The molecule has 134 valence electrons. The van der Waals surface area contributed by atoms with Gasteiger partial charge in [-0.15, -0.1) is 0 Å². The van der Waals surface area contributed by atoms with E-state index in [4.69, 9.17) is 14.3 Å². The molecule has 1 heterocycles. The number of hydrogen-bond donors (Lipinski definition) is 1. The first kappa shape index (κ1) is 17.8. The predicted molar refractivity (Wildman–Crippen MR) is 98.1 cm³/mol. The van der Waals surface area contributed by atoms with E-state index in [1.54, 1.807) is 13.2 Å². The molecule has 5 nitrogen and oxygen atoms in total. The highest BCUT2D eigenvalue weighted by molar-refractivity contribution is 5.84. The summed E-state index contributed by atoms with van der Waals surface area (Å²) in [6, 6.07) is 21.3. The Hall–Kier alpha value is -3.05. The van der Waals surface area contributed by atoms with Gasteiger partial charge in [0.1, 0.15) is 11.5 Å². The van der Waals surface area contributed by atoms with Crippen molar-refractivity contribution in [1.29, 1.82) is 0 Å². The zero-order valence-corrected chi connectivity index (χ0v) is 14.6. The van der Waals surface area contributed by atoms with Gasteiger partial charge in [-0.1, -0.05) is 42.5 Å². The molecule has 26 heavy (non-hydrogen) atoms. The number of methoxy groups -OCH3 is 1. The minimum atomic E-state index is -1.06. The van der Waals surface area contributed by atoms with Crippen molar-refractivity contribution in [3.05, 3.63) is 89.4 Å². The van der Waals surface area contributed by atoms with Gasteiger partial charge in [-0.05, 0) is 35.4 Å². The third-order valence-electron chi connectivity index (χ3n) is 4.04. The van der Waals surface area contributed by atoms with E-state index in [1.165, 1.54) is 11.6 Å². The van der Waals surface area contributed by atoms with E-state index in [2.05, 4.69) is 17.0 Å². The summed E-state index contributed by atoms with van der Waals surface area (Å²) in [5.41, 5.74) is 2.30. The number of carboxylic acids is 1. The molecule has 3 rings (SSSR count). The first-order chi connectivity index (χ1) is 12.6. The molecule has 0 amide bonds. The molecule has 1 aromatic heterocycles. The van der Waals surface area contributed by atoms with Crippen molar-refractivity contribution in [3.63, 3.8) is 0 Å². The van der Waals surface area contributed by atoms with Crippen LogP contribution in [0.4, 0.5) is 0 Å². The van der Waals surface area contributed by atoms with Crippen LogP contribution in [0.15, 0.2) is 71.1 Å². The second-order valence-corrected chi connectivity index (χ2v) is 6.05. The highest BCUT2D eigenvalue weighted by Gasteiger charge is 2.14. The fourth-order valence-corrected chi connectivity index (χ4v) is 2.84. The minimum absolute atomic E-state index is 0.0407. The minimum Gasteiger partial charge on any atom is -0.497 e. The molecular weight excluding hydrogens is 330 g/mol. The summed E-state index contributed by atoms with van der Waals surface area (Å²) in [4.78, 5) is 13.2. The highest BCUT2D eigenvalue weighted by atomic mass is 16.5. The molecule has 3 aromatic rings. The van der Waals surface area contributed by atoms with Crippen molar-refractivity contribution in [2.45, 2.75) is 19.6 Å². The van der Waals surface area contributed by atoms with Crippen molar-refractivity contribution in [1.82, 2.24) is 4.90 Å². The number of nitrogens with zero attached hydrogens (tertiary/aromatic N) is 1. The third-order valence-corrected chi connectivity index (χ3v) is 4.04.